The molecule has 0 saturated carbocycles. The molecule has 140 valence electrons. The maximum absolute atomic E-state index is 12.9. The predicted molar refractivity (Wildman–Crippen MR) is 99.6 cm³/mol. The van der Waals surface area contributed by atoms with Crippen molar-refractivity contribution in [3.63, 3.8) is 0 Å². The number of carbonyl (C=O) groups excluding carboxylic acids is 1. The number of likely N-dealkylation sites (N-methyl/N-ethyl adjacent to an activating group) is 1. The number of hydrogen-bond donors (Lipinski definition) is 0. The van der Waals surface area contributed by atoms with Gasteiger partial charge in [0.05, 0.1) is 24.0 Å². The second-order valence-corrected chi connectivity index (χ2v) is 5.99. The smallest absolute Gasteiger partial charge is 0.257 e. The highest BCUT2D eigenvalue weighted by Crippen LogP contribution is 2.16. The molecule has 0 aliphatic heterocycles. The van der Waals surface area contributed by atoms with E-state index in [4.69, 9.17) is 4.74 Å². The topological polar surface area (TPSA) is 60.3 Å². The number of aromatic nitrogens is 3. The van der Waals surface area contributed by atoms with E-state index in [2.05, 4.69) is 10.1 Å². The van der Waals surface area contributed by atoms with E-state index in [-0.39, 0.29) is 11.7 Å². The molecule has 0 N–H and O–H groups in total. The second-order valence-electron chi connectivity index (χ2n) is 5.99. The van der Waals surface area contributed by atoms with Gasteiger partial charge in [-0.15, -0.1) is 0 Å². The first-order valence-corrected chi connectivity index (χ1v) is 8.72. The lowest BCUT2D eigenvalue weighted by atomic mass is 10.2. The lowest BCUT2D eigenvalue weighted by Gasteiger charge is -2.17. The van der Waals surface area contributed by atoms with Crippen LogP contribution in [0.5, 0.6) is 5.75 Å². The van der Waals surface area contributed by atoms with E-state index in [1.54, 1.807) is 41.2 Å². The van der Waals surface area contributed by atoms with Crippen LogP contribution in [0.15, 0.2) is 54.9 Å². The molecule has 1 aromatic carbocycles. The maximum Gasteiger partial charge on any atom is 0.257 e. The number of amides is 1. The number of nitrogens with zero attached hydrogens (tertiary/aromatic N) is 4. The Hall–Kier alpha value is -3.22. The number of ether oxygens (including phenoxy) is 1. The van der Waals surface area contributed by atoms with Crippen LogP contribution in [0.1, 0.15) is 23.0 Å². The first-order valence-electron chi connectivity index (χ1n) is 8.72. The lowest BCUT2D eigenvalue weighted by Crippen LogP contribution is -2.31. The molecule has 0 spiro atoms. The minimum Gasteiger partial charge on any atom is -0.492 e. The summed E-state index contributed by atoms with van der Waals surface area (Å²) >= 11 is 0. The molecule has 0 aliphatic rings. The van der Waals surface area contributed by atoms with Gasteiger partial charge in [0.2, 0.25) is 0 Å². The SMILES string of the molecule is CCc1c(C(=O)N(C)CCOc2ccc(F)cc2)cnn1-c1ccccn1. The minimum absolute atomic E-state index is 0.128. The Morgan fingerprint density at radius 3 is 2.67 bits per heavy atom. The zero-order valence-corrected chi connectivity index (χ0v) is 15.3. The molecule has 0 fully saturated rings. The van der Waals surface area contributed by atoms with Crippen LogP contribution < -0.4 is 4.74 Å². The Kier molecular flexibility index (Phi) is 5.80. The average molecular weight is 368 g/mol. The average Bonchev–Trinajstić information content (AvgIpc) is 3.13. The van der Waals surface area contributed by atoms with Gasteiger partial charge in [0.25, 0.3) is 5.91 Å². The Morgan fingerprint density at radius 1 is 1.22 bits per heavy atom. The number of carbonyl (C=O) groups is 1. The molecule has 1 amide bonds. The summed E-state index contributed by atoms with van der Waals surface area (Å²) in [5.41, 5.74) is 1.36. The molecule has 2 aromatic heterocycles. The molecule has 3 rings (SSSR count). The van der Waals surface area contributed by atoms with Gasteiger partial charge < -0.3 is 9.64 Å². The molecule has 7 heteroatoms. The van der Waals surface area contributed by atoms with Crippen molar-refractivity contribution in [2.24, 2.45) is 0 Å². The maximum atomic E-state index is 12.9. The molecule has 0 radical (unpaired) electrons. The predicted octanol–water partition coefficient (Wildman–Crippen LogP) is 3.12. The van der Waals surface area contributed by atoms with Crippen molar-refractivity contribution in [1.82, 2.24) is 19.7 Å². The second kappa shape index (κ2) is 8.44. The third-order valence-corrected chi connectivity index (χ3v) is 4.16. The largest absolute Gasteiger partial charge is 0.492 e. The summed E-state index contributed by atoms with van der Waals surface area (Å²) < 4.78 is 20.2. The minimum atomic E-state index is -0.313. The van der Waals surface area contributed by atoms with Gasteiger partial charge in [-0.05, 0) is 42.8 Å². The van der Waals surface area contributed by atoms with Crippen molar-refractivity contribution >= 4 is 5.91 Å². The summed E-state index contributed by atoms with van der Waals surface area (Å²) in [5.74, 6) is 0.800. The van der Waals surface area contributed by atoms with Crippen molar-refractivity contribution in [2.75, 3.05) is 20.2 Å². The van der Waals surface area contributed by atoms with Gasteiger partial charge in [-0.3, -0.25) is 4.79 Å². The highest BCUT2D eigenvalue weighted by atomic mass is 19.1. The van der Waals surface area contributed by atoms with Crippen molar-refractivity contribution in [2.45, 2.75) is 13.3 Å². The summed E-state index contributed by atoms with van der Waals surface area (Å²) in [6.45, 7) is 2.68. The van der Waals surface area contributed by atoms with Crippen LogP contribution in [-0.2, 0) is 6.42 Å². The summed E-state index contributed by atoms with van der Waals surface area (Å²) in [6, 6.07) is 11.4. The molecule has 2 heterocycles. The summed E-state index contributed by atoms with van der Waals surface area (Å²) in [5, 5.41) is 4.34. The number of pyridine rings is 1. The lowest BCUT2D eigenvalue weighted by molar-refractivity contribution is 0.0772. The fourth-order valence-corrected chi connectivity index (χ4v) is 2.71. The number of halogens is 1. The molecular formula is C20H21FN4O2. The Morgan fingerprint density at radius 2 is 2.00 bits per heavy atom. The monoisotopic (exact) mass is 368 g/mol. The third kappa shape index (κ3) is 4.31. The van der Waals surface area contributed by atoms with E-state index >= 15 is 0 Å². The molecule has 0 saturated heterocycles. The molecular weight excluding hydrogens is 347 g/mol. The van der Waals surface area contributed by atoms with Crippen LogP contribution in [0.4, 0.5) is 4.39 Å². The Bertz CT molecular complexity index is 894. The fourth-order valence-electron chi connectivity index (χ4n) is 2.71. The molecule has 0 atom stereocenters. The van der Waals surface area contributed by atoms with Gasteiger partial charge >= 0.3 is 0 Å². The first-order chi connectivity index (χ1) is 13.1. The number of rotatable bonds is 7. The van der Waals surface area contributed by atoms with Crippen LogP contribution >= 0.6 is 0 Å². The van der Waals surface area contributed by atoms with Crippen LogP contribution in [0.25, 0.3) is 5.82 Å². The summed E-state index contributed by atoms with van der Waals surface area (Å²) in [7, 11) is 1.72. The normalized spacial score (nSPS) is 10.6. The Labute approximate surface area is 157 Å². The molecule has 3 aromatic rings. The number of benzene rings is 1. The van der Waals surface area contributed by atoms with Gasteiger partial charge in [-0.2, -0.15) is 5.10 Å². The quantitative estimate of drug-likeness (QED) is 0.643. The van der Waals surface area contributed by atoms with Gasteiger partial charge in [-0.1, -0.05) is 13.0 Å². The third-order valence-electron chi connectivity index (χ3n) is 4.16. The van der Waals surface area contributed by atoms with Gasteiger partial charge in [0.1, 0.15) is 18.2 Å². The van der Waals surface area contributed by atoms with Crippen molar-refractivity contribution in [3.05, 3.63) is 71.9 Å². The van der Waals surface area contributed by atoms with Crippen molar-refractivity contribution in [1.29, 1.82) is 0 Å². The molecule has 0 unspecified atom stereocenters. The fraction of sp³-hybridized carbons (Fsp3) is 0.250. The molecule has 6 nitrogen and oxygen atoms in total. The van der Waals surface area contributed by atoms with Gasteiger partial charge in [0, 0.05) is 13.2 Å². The zero-order chi connectivity index (χ0) is 19.2. The van der Waals surface area contributed by atoms with Crippen LogP contribution in [0, 0.1) is 5.82 Å². The number of hydrogen-bond acceptors (Lipinski definition) is 4. The van der Waals surface area contributed by atoms with E-state index in [0.29, 0.717) is 36.7 Å². The van der Waals surface area contributed by atoms with Gasteiger partial charge in [-0.25, -0.2) is 14.1 Å². The van der Waals surface area contributed by atoms with Crippen molar-refractivity contribution < 1.29 is 13.9 Å². The summed E-state index contributed by atoms with van der Waals surface area (Å²) in [4.78, 5) is 18.7. The highest BCUT2D eigenvalue weighted by molar-refractivity contribution is 5.95. The molecule has 0 aliphatic carbocycles. The van der Waals surface area contributed by atoms with Crippen LogP contribution in [0.3, 0.4) is 0 Å². The zero-order valence-electron chi connectivity index (χ0n) is 15.3. The van der Waals surface area contributed by atoms with Crippen LogP contribution in [-0.4, -0.2) is 45.8 Å². The van der Waals surface area contributed by atoms with E-state index in [1.165, 1.54) is 12.1 Å². The Balaban J connectivity index is 1.66. The van der Waals surface area contributed by atoms with Crippen molar-refractivity contribution in [3.8, 4) is 11.6 Å². The summed E-state index contributed by atoms with van der Waals surface area (Å²) in [6.07, 6.45) is 3.92. The van der Waals surface area contributed by atoms with E-state index in [0.717, 1.165) is 5.69 Å². The van der Waals surface area contributed by atoms with Crippen LogP contribution in [0.2, 0.25) is 0 Å². The standard InChI is InChI=1S/C20H21FN4O2/c1-3-18-17(14-23-25(18)19-6-4-5-11-22-19)20(26)24(2)12-13-27-16-9-7-15(21)8-10-16/h4-11,14H,3,12-13H2,1-2H3. The van der Waals surface area contributed by atoms with E-state index in [9.17, 15) is 9.18 Å². The molecule has 27 heavy (non-hydrogen) atoms. The molecule has 0 bridgehead atoms. The van der Waals surface area contributed by atoms with E-state index < -0.39 is 0 Å². The van der Waals surface area contributed by atoms with Gasteiger partial charge in [0.15, 0.2) is 5.82 Å². The van der Waals surface area contributed by atoms with E-state index in [1.807, 2.05) is 25.1 Å². The first kappa shape index (κ1) is 18.6. The highest BCUT2D eigenvalue weighted by Gasteiger charge is 2.20.